The van der Waals surface area contributed by atoms with Crippen molar-refractivity contribution in [1.29, 1.82) is 0 Å². The molecule has 1 saturated heterocycles. The Bertz CT molecular complexity index is 414. The van der Waals surface area contributed by atoms with Gasteiger partial charge in [0.1, 0.15) is 0 Å². The van der Waals surface area contributed by atoms with E-state index in [9.17, 15) is 0 Å². The molecule has 1 heterocycles. The third kappa shape index (κ3) is 3.37. The molecule has 0 amide bonds. The zero-order chi connectivity index (χ0) is 14.0. The molecular formula is C17H28N2. The van der Waals surface area contributed by atoms with Crippen molar-refractivity contribution in [1.82, 2.24) is 10.2 Å². The standard InChI is InChI=1S/C17H28N2/c1-12(2)17-10-18-6-7-19(17)11-16-14(4)8-13(3)9-15(16)5/h8-9,12,17-18H,6-7,10-11H2,1-5H3. The summed E-state index contributed by atoms with van der Waals surface area (Å²) in [5.74, 6) is 0.707. The van der Waals surface area contributed by atoms with E-state index in [2.05, 4.69) is 57.0 Å². The van der Waals surface area contributed by atoms with Crippen LogP contribution >= 0.6 is 0 Å². The molecule has 0 spiro atoms. The SMILES string of the molecule is Cc1cc(C)c(CN2CCNCC2C(C)C)c(C)c1. The molecule has 1 aromatic rings. The number of aryl methyl sites for hydroxylation is 3. The zero-order valence-corrected chi connectivity index (χ0v) is 13.1. The average Bonchev–Trinajstić information content (AvgIpc) is 2.34. The second-order valence-electron chi connectivity index (χ2n) is 6.36. The van der Waals surface area contributed by atoms with Crippen molar-refractivity contribution in [3.63, 3.8) is 0 Å². The number of nitrogens with one attached hydrogen (secondary N) is 1. The second kappa shape index (κ2) is 6.06. The van der Waals surface area contributed by atoms with Gasteiger partial charge in [-0.15, -0.1) is 0 Å². The minimum Gasteiger partial charge on any atom is -0.314 e. The smallest absolute Gasteiger partial charge is 0.0247 e. The van der Waals surface area contributed by atoms with Crippen LogP contribution in [-0.4, -0.2) is 30.6 Å². The summed E-state index contributed by atoms with van der Waals surface area (Å²) < 4.78 is 0. The molecule has 0 aliphatic carbocycles. The number of rotatable bonds is 3. The molecule has 19 heavy (non-hydrogen) atoms. The van der Waals surface area contributed by atoms with Gasteiger partial charge < -0.3 is 5.32 Å². The quantitative estimate of drug-likeness (QED) is 0.898. The molecule has 2 heteroatoms. The van der Waals surface area contributed by atoms with Gasteiger partial charge in [0.2, 0.25) is 0 Å². The zero-order valence-electron chi connectivity index (χ0n) is 13.1. The van der Waals surface area contributed by atoms with Crippen molar-refractivity contribution in [3.05, 3.63) is 34.4 Å². The monoisotopic (exact) mass is 260 g/mol. The molecule has 1 aromatic carbocycles. The highest BCUT2D eigenvalue weighted by molar-refractivity contribution is 5.37. The van der Waals surface area contributed by atoms with Gasteiger partial charge in [0.15, 0.2) is 0 Å². The number of nitrogens with zero attached hydrogens (tertiary/aromatic N) is 1. The van der Waals surface area contributed by atoms with Gasteiger partial charge in [-0.25, -0.2) is 0 Å². The molecule has 1 N–H and O–H groups in total. The normalized spacial score (nSPS) is 21.1. The summed E-state index contributed by atoms with van der Waals surface area (Å²) in [6.45, 7) is 15.9. The lowest BCUT2D eigenvalue weighted by atomic mass is 9.96. The Morgan fingerprint density at radius 1 is 1.21 bits per heavy atom. The molecule has 106 valence electrons. The van der Waals surface area contributed by atoms with E-state index in [-0.39, 0.29) is 0 Å². The summed E-state index contributed by atoms with van der Waals surface area (Å²) in [7, 11) is 0. The highest BCUT2D eigenvalue weighted by atomic mass is 15.2. The number of benzene rings is 1. The van der Waals surface area contributed by atoms with Gasteiger partial charge in [0.05, 0.1) is 0 Å². The molecule has 0 bridgehead atoms. The van der Waals surface area contributed by atoms with Crippen molar-refractivity contribution >= 4 is 0 Å². The molecule has 1 atom stereocenters. The first-order chi connectivity index (χ1) is 8.99. The lowest BCUT2D eigenvalue weighted by Gasteiger charge is -2.39. The summed E-state index contributed by atoms with van der Waals surface area (Å²) in [5, 5.41) is 3.53. The molecule has 0 aromatic heterocycles. The first-order valence-corrected chi connectivity index (χ1v) is 7.50. The van der Waals surface area contributed by atoms with Crippen LogP contribution in [0.25, 0.3) is 0 Å². The molecule has 2 rings (SSSR count). The highest BCUT2D eigenvalue weighted by Crippen LogP contribution is 2.22. The lowest BCUT2D eigenvalue weighted by Crippen LogP contribution is -2.53. The second-order valence-corrected chi connectivity index (χ2v) is 6.36. The Morgan fingerprint density at radius 3 is 2.42 bits per heavy atom. The predicted molar refractivity (Wildman–Crippen MR) is 82.6 cm³/mol. The Labute approximate surface area is 118 Å². The van der Waals surface area contributed by atoms with E-state index in [4.69, 9.17) is 0 Å². The maximum Gasteiger partial charge on any atom is 0.0247 e. The van der Waals surface area contributed by atoms with Crippen LogP contribution in [0.5, 0.6) is 0 Å². The highest BCUT2D eigenvalue weighted by Gasteiger charge is 2.25. The molecule has 1 aliphatic heterocycles. The van der Waals surface area contributed by atoms with Crippen molar-refractivity contribution < 1.29 is 0 Å². The first kappa shape index (κ1) is 14.5. The summed E-state index contributed by atoms with van der Waals surface area (Å²) >= 11 is 0. The lowest BCUT2D eigenvalue weighted by molar-refractivity contribution is 0.116. The van der Waals surface area contributed by atoms with E-state index in [1.807, 2.05) is 0 Å². The molecule has 2 nitrogen and oxygen atoms in total. The third-order valence-electron chi connectivity index (χ3n) is 4.37. The summed E-state index contributed by atoms with van der Waals surface area (Å²) in [5.41, 5.74) is 5.79. The van der Waals surface area contributed by atoms with Gasteiger partial charge in [0.25, 0.3) is 0 Å². The van der Waals surface area contributed by atoms with E-state index >= 15 is 0 Å². The fourth-order valence-corrected chi connectivity index (χ4v) is 3.28. The van der Waals surface area contributed by atoms with Crippen LogP contribution in [-0.2, 0) is 6.54 Å². The average molecular weight is 260 g/mol. The predicted octanol–water partition coefficient (Wildman–Crippen LogP) is 3.04. The summed E-state index contributed by atoms with van der Waals surface area (Å²) in [4.78, 5) is 2.66. The minimum absolute atomic E-state index is 0.661. The van der Waals surface area contributed by atoms with Crippen LogP contribution in [0.1, 0.15) is 36.1 Å². The molecule has 1 aliphatic rings. The van der Waals surface area contributed by atoms with Crippen molar-refractivity contribution in [2.24, 2.45) is 5.92 Å². The van der Waals surface area contributed by atoms with Crippen LogP contribution in [0.4, 0.5) is 0 Å². The van der Waals surface area contributed by atoms with Gasteiger partial charge >= 0.3 is 0 Å². The third-order valence-corrected chi connectivity index (χ3v) is 4.37. The minimum atomic E-state index is 0.661. The van der Waals surface area contributed by atoms with Crippen LogP contribution < -0.4 is 5.32 Å². The summed E-state index contributed by atoms with van der Waals surface area (Å²) in [6, 6.07) is 5.29. The van der Waals surface area contributed by atoms with Crippen LogP contribution in [0, 0.1) is 26.7 Å². The Kier molecular flexibility index (Phi) is 4.64. The Hall–Kier alpha value is -0.860. The van der Waals surface area contributed by atoms with E-state index in [1.54, 1.807) is 0 Å². The number of piperazine rings is 1. The van der Waals surface area contributed by atoms with Crippen LogP contribution in [0.3, 0.4) is 0 Å². The van der Waals surface area contributed by atoms with E-state index in [0.29, 0.717) is 12.0 Å². The van der Waals surface area contributed by atoms with Crippen molar-refractivity contribution in [2.45, 2.75) is 47.2 Å². The van der Waals surface area contributed by atoms with Gasteiger partial charge in [-0.05, 0) is 43.4 Å². The van der Waals surface area contributed by atoms with E-state index in [0.717, 1.165) is 26.2 Å². The number of hydrogen-bond donors (Lipinski definition) is 1. The largest absolute Gasteiger partial charge is 0.314 e. The fourth-order valence-electron chi connectivity index (χ4n) is 3.28. The van der Waals surface area contributed by atoms with Gasteiger partial charge in [-0.2, -0.15) is 0 Å². The van der Waals surface area contributed by atoms with Crippen LogP contribution in [0.15, 0.2) is 12.1 Å². The van der Waals surface area contributed by atoms with Crippen molar-refractivity contribution in [3.8, 4) is 0 Å². The van der Waals surface area contributed by atoms with Crippen molar-refractivity contribution in [2.75, 3.05) is 19.6 Å². The first-order valence-electron chi connectivity index (χ1n) is 7.50. The summed E-state index contributed by atoms with van der Waals surface area (Å²) in [6.07, 6.45) is 0. The molecule has 1 fully saturated rings. The van der Waals surface area contributed by atoms with E-state index < -0.39 is 0 Å². The maximum absolute atomic E-state index is 3.53. The Morgan fingerprint density at radius 2 is 1.84 bits per heavy atom. The maximum atomic E-state index is 3.53. The molecule has 1 unspecified atom stereocenters. The topological polar surface area (TPSA) is 15.3 Å². The van der Waals surface area contributed by atoms with Crippen LogP contribution in [0.2, 0.25) is 0 Å². The Balaban J connectivity index is 2.19. The molecule has 0 saturated carbocycles. The van der Waals surface area contributed by atoms with Gasteiger partial charge in [0, 0.05) is 32.2 Å². The van der Waals surface area contributed by atoms with Gasteiger partial charge in [-0.3, -0.25) is 4.90 Å². The van der Waals surface area contributed by atoms with E-state index in [1.165, 1.54) is 22.3 Å². The molecular weight excluding hydrogens is 232 g/mol. The molecule has 0 radical (unpaired) electrons. The van der Waals surface area contributed by atoms with Gasteiger partial charge in [-0.1, -0.05) is 31.5 Å². The fraction of sp³-hybridized carbons (Fsp3) is 0.647. The number of hydrogen-bond acceptors (Lipinski definition) is 2.